The van der Waals surface area contributed by atoms with Crippen LogP contribution in [0.1, 0.15) is 56.3 Å². The highest BCUT2D eigenvalue weighted by Gasteiger charge is 2.18. The van der Waals surface area contributed by atoms with E-state index in [0.717, 1.165) is 43.8 Å². The molecule has 2 amide bonds. The smallest absolute Gasteiger partial charge is 0.270 e. The standard InChI is InChI=1S/C28H38N6O4S/c1-3-9-22(19-35)32-26(37)23(17-29)28-34(4-2)27(38)24(39-28)18-31-21-11-7-10-20(16-21)25(36)30-12-8-15-33-13-5-6-14-33/h7,10-11,16,18,22,31,35H,3-6,8-9,12-15,19H2,1-2H3,(H,30,36)(H,32,37)/b24-18+,28-23-. The van der Waals surface area contributed by atoms with E-state index in [2.05, 4.69) is 20.9 Å². The molecule has 1 aromatic carbocycles. The molecule has 10 nitrogen and oxygen atoms in total. The first-order valence-corrected chi connectivity index (χ1v) is 14.4. The van der Waals surface area contributed by atoms with E-state index < -0.39 is 11.9 Å². The zero-order chi connectivity index (χ0) is 28.2. The molecular weight excluding hydrogens is 516 g/mol. The van der Waals surface area contributed by atoms with E-state index in [-0.39, 0.29) is 34.9 Å². The predicted molar refractivity (Wildman–Crippen MR) is 154 cm³/mol. The summed E-state index contributed by atoms with van der Waals surface area (Å²) in [6, 6.07) is 8.46. The summed E-state index contributed by atoms with van der Waals surface area (Å²) in [6.07, 6.45) is 6.26. The Hall–Kier alpha value is -3.46. The van der Waals surface area contributed by atoms with Crippen LogP contribution in [-0.2, 0) is 11.3 Å². The number of benzene rings is 1. The summed E-state index contributed by atoms with van der Waals surface area (Å²) < 4.78 is 1.96. The van der Waals surface area contributed by atoms with Crippen molar-refractivity contribution in [3.05, 3.63) is 49.4 Å². The van der Waals surface area contributed by atoms with E-state index in [0.29, 0.717) is 28.7 Å². The summed E-state index contributed by atoms with van der Waals surface area (Å²) in [5.74, 6) is -0.776. The molecule has 1 saturated heterocycles. The lowest BCUT2D eigenvalue weighted by atomic mass is 10.1. The van der Waals surface area contributed by atoms with Crippen molar-refractivity contribution in [2.24, 2.45) is 0 Å². The molecule has 1 atom stereocenters. The van der Waals surface area contributed by atoms with Crippen LogP contribution in [-0.4, -0.2) is 65.2 Å². The number of amides is 2. The fourth-order valence-corrected chi connectivity index (χ4v) is 5.60. The van der Waals surface area contributed by atoms with Crippen LogP contribution < -0.4 is 30.7 Å². The van der Waals surface area contributed by atoms with Crippen LogP contribution in [0.5, 0.6) is 0 Å². The average molecular weight is 555 g/mol. The normalized spacial score (nSPS) is 15.5. The molecule has 3 rings (SSSR count). The van der Waals surface area contributed by atoms with Crippen molar-refractivity contribution < 1.29 is 14.7 Å². The van der Waals surface area contributed by atoms with Gasteiger partial charge in [-0.2, -0.15) is 5.26 Å². The summed E-state index contributed by atoms with van der Waals surface area (Å²) in [4.78, 5) is 40.8. The SMILES string of the molecule is CCCC(CO)NC(=O)/C(C#N)=c1\s/c(=C/Nc2cccc(C(=O)NCCCN3CCCC3)c2)c(=O)n1CC. The molecule has 0 spiro atoms. The zero-order valence-electron chi connectivity index (χ0n) is 22.7. The van der Waals surface area contributed by atoms with Gasteiger partial charge in [0, 0.05) is 30.5 Å². The summed E-state index contributed by atoms with van der Waals surface area (Å²) in [7, 11) is 0. The Kier molecular flexibility index (Phi) is 11.7. The molecule has 1 unspecified atom stereocenters. The largest absolute Gasteiger partial charge is 0.394 e. The van der Waals surface area contributed by atoms with Crippen molar-refractivity contribution >= 4 is 40.6 Å². The van der Waals surface area contributed by atoms with Crippen molar-refractivity contribution in [3.63, 3.8) is 0 Å². The third-order valence-electron chi connectivity index (χ3n) is 6.60. The molecule has 39 heavy (non-hydrogen) atoms. The molecule has 0 saturated carbocycles. The van der Waals surface area contributed by atoms with Gasteiger partial charge in [0.15, 0.2) is 5.57 Å². The van der Waals surface area contributed by atoms with Gasteiger partial charge in [-0.05, 0) is 70.4 Å². The number of nitriles is 1. The van der Waals surface area contributed by atoms with Gasteiger partial charge in [-0.15, -0.1) is 11.3 Å². The number of nitrogens with zero attached hydrogens (tertiary/aromatic N) is 3. The number of rotatable bonds is 13. The van der Waals surface area contributed by atoms with E-state index >= 15 is 0 Å². The molecule has 2 heterocycles. The summed E-state index contributed by atoms with van der Waals surface area (Å²) in [5.41, 5.74) is 0.640. The van der Waals surface area contributed by atoms with Gasteiger partial charge in [0.2, 0.25) is 0 Å². The van der Waals surface area contributed by atoms with Crippen molar-refractivity contribution in [2.45, 2.75) is 58.5 Å². The van der Waals surface area contributed by atoms with Crippen LogP contribution in [0.25, 0.3) is 11.8 Å². The number of aliphatic hydroxyl groups is 1. The van der Waals surface area contributed by atoms with E-state index in [4.69, 9.17) is 0 Å². The molecule has 11 heteroatoms. The van der Waals surface area contributed by atoms with Crippen LogP contribution in [0.2, 0.25) is 0 Å². The highest BCUT2D eigenvalue weighted by molar-refractivity contribution is 7.07. The Bertz CT molecular complexity index is 1350. The molecule has 2 aromatic rings. The predicted octanol–water partition coefficient (Wildman–Crippen LogP) is 0.947. The first-order chi connectivity index (χ1) is 18.9. The van der Waals surface area contributed by atoms with Gasteiger partial charge in [0.25, 0.3) is 17.4 Å². The topological polar surface area (TPSA) is 139 Å². The quantitative estimate of drug-likeness (QED) is 0.270. The monoisotopic (exact) mass is 554 g/mol. The van der Waals surface area contributed by atoms with Crippen LogP contribution >= 0.6 is 11.3 Å². The number of hydrogen-bond acceptors (Lipinski definition) is 8. The Morgan fingerprint density at radius 2 is 2.03 bits per heavy atom. The molecule has 1 fully saturated rings. The Labute approximate surface area is 232 Å². The molecule has 0 aliphatic carbocycles. The molecular formula is C28H38N6O4S. The highest BCUT2D eigenvalue weighted by Crippen LogP contribution is 2.11. The first-order valence-electron chi connectivity index (χ1n) is 13.5. The van der Waals surface area contributed by atoms with Gasteiger partial charge in [-0.3, -0.25) is 19.0 Å². The van der Waals surface area contributed by atoms with Gasteiger partial charge >= 0.3 is 0 Å². The van der Waals surface area contributed by atoms with Crippen molar-refractivity contribution in [1.29, 1.82) is 5.26 Å². The molecule has 1 aromatic heterocycles. The minimum Gasteiger partial charge on any atom is -0.394 e. The fourth-order valence-electron chi connectivity index (χ4n) is 4.52. The highest BCUT2D eigenvalue weighted by atomic mass is 32.1. The number of likely N-dealkylation sites (tertiary alicyclic amines) is 1. The molecule has 4 N–H and O–H groups in total. The van der Waals surface area contributed by atoms with Gasteiger partial charge in [0.05, 0.1) is 12.6 Å². The lowest BCUT2D eigenvalue weighted by molar-refractivity contribution is -0.116. The van der Waals surface area contributed by atoms with E-state index in [1.165, 1.54) is 23.6 Å². The van der Waals surface area contributed by atoms with Crippen molar-refractivity contribution in [2.75, 3.05) is 38.1 Å². The number of nitrogens with one attached hydrogen (secondary N) is 3. The second-order valence-electron chi connectivity index (χ2n) is 9.48. The van der Waals surface area contributed by atoms with Gasteiger partial charge in [-0.1, -0.05) is 19.4 Å². The van der Waals surface area contributed by atoms with Gasteiger partial charge in [-0.25, -0.2) is 0 Å². The first kappa shape index (κ1) is 30.1. The van der Waals surface area contributed by atoms with Crippen molar-refractivity contribution in [1.82, 2.24) is 20.1 Å². The summed E-state index contributed by atoms with van der Waals surface area (Å²) in [5, 5.41) is 27.9. The Morgan fingerprint density at radius 1 is 1.26 bits per heavy atom. The minimum atomic E-state index is -0.618. The number of hydrogen-bond donors (Lipinski definition) is 4. The molecule has 1 aliphatic rings. The maximum absolute atomic E-state index is 13.0. The molecule has 0 bridgehead atoms. The van der Waals surface area contributed by atoms with Crippen LogP contribution in [0, 0.1) is 11.3 Å². The number of anilines is 1. The minimum absolute atomic E-state index is 0.157. The Morgan fingerprint density at radius 3 is 2.69 bits per heavy atom. The maximum Gasteiger partial charge on any atom is 0.270 e. The van der Waals surface area contributed by atoms with Gasteiger partial charge in [0.1, 0.15) is 15.3 Å². The third kappa shape index (κ3) is 8.26. The second-order valence-corrected chi connectivity index (χ2v) is 10.5. The lowest BCUT2D eigenvalue weighted by Gasteiger charge is -2.14. The second kappa shape index (κ2) is 15.2. The molecule has 0 radical (unpaired) electrons. The van der Waals surface area contributed by atoms with E-state index in [1.54, 1.807) is 31.2 Å². The molecule has 210 valence electrons. The summed E-state index contributed by atoms with van der Waals surface area (Å²) in [6.45, 7) is 7.62. The number of carbonyl (C=O) groups is 2. The van der Waals surface area contributed by atoms with E-state index in [1.807, 2.05) is 13.0 Å². The molecule has 1 aliphatic heterocycles. The van der Waals surface area contributed by atoms with Crippen LogP contribution in [0.4, 0.5) is 5.69 Å². The van der Waals surface area contributed by atoms with Gasteiger partial charge < -0.3 is 26.0 Å². The average Bonchev–Trinajstić information content (AvgIpc) is 3.57. The number of aromatic nitrogens is 1. The van der Waals surface area contributed by atoms with E-state index in [9.17, 15) is 24.8 Å². The Balaban J connectivity index is 1.75. The maximum atomic E-state index is 13.0. The summed E-state index contributed by atoms with van der Waals surface area (Å²) >= 11 is 1.04. The van der Waals surface area contributed by atoms with Crippen LogP contribution in [0.15, 0.2) is 29.1 Å². The third-order valence-corrected chi connectivity index (χ3v) is 7.73. The number of thiazole rings is 1. The number of aliphatic hydroxyl groups excluding tert-OH is 1. The van der Waals surface area contributed by atoms with Crippen LogP contribution in [0.3, 0.4) is 0 Å². The number of carbonyl (C=O) groups excluding carboxylic acids is 2. The fraction of sp³-hybridized carbons (Fsp3) is 0.500. The van der Waals surface area contributed by atoms with Crippen molar-refractivity contribution in [3.8, 4) is 6.07 Å². The zero-order valence-corrected chi connectivity index (χ0v) is 23.5. The lowest BCUT2D eigenvalue weighted by Crippen LogP contribution is -2.40.